The number of carbonyl (C=O) groups excluding carboxylic acids is 1. The number of rotatable bonds is 7. The Hall–Kier alpha value is -1.89. The number of hydrogen-bond donors (Lipinski definition) is 2. The van der Waals surface area contributed by atoms with Gasteiger partial charge in [-0.2, -0.15) is 8.78 Å². The van der Waals surface area contributed by atoms with Crippen molar-refractivity contribution in [2.24, 2.45) is 0 Å². The van der Waals surface area contributed by atoms with Gasteiger partial charge in [0, 0.05) is 6.54 Å². The van der Waals surface area contributed by atoms with Crippen LogP contribution in [-0.4, -0.2) is 41.3 Å². The molecule has 0 aliphatic carbocycles. The Morgan fingerprint density at radius 3 is 2.35 bits per heavy atom. The van der Waals surface area contributed by atoms with Crippen LogP contribution in [0.1, 0.15) is 39.3 Å². The first-order valence-electron chi connectivity index (χ1n) is 7.45. The second-order valence-electron chi connectivity index (χ2n) is 5.95. The van der Waals surface area contributed by atoms with Gasteiger partial charge in [-0.15, -0.1) is 0 Å². The third kappa shape index (κ3) is 6.81. The number of carbonyl (C=O) groups is 1. The van der Waals surface area contributed by atoms with Gasteiger partial charge >= 0.3 is 12.6 Å². The molecule has 2 N–H and O–H groups in total. The molecule has 0 spiro atoms. The smallest absolute Gasteiger partial charge is 0.387 e. The number of aliphatic hydroxyl groups is 1. The number of ether oxygens (including phenoxy) is 1. The van der Waals surface area contributed by atoms with Crippen molar-refractivity contribution in [2.75, 3.05) is 13.1 Å². The first kappa shape index (κ1) is 19.2. The van der Waals surface area contributed by atoms with E-state index in [1.807, 2.05) is 6.92 Å². The number of halogens is 2. The maximum atomic E-state index is 12.2. The molecule has 23 heavy (non-hydrogen) atoms. The molecule has 0 bridgehead atoms. The Labute approximate surface area is 135 Å². The predicted molar refractivity (Wildman–Crippen MR) is 83.6 cm³/mol. The molecule has 0 fully saturated rings. The zero-order valence-corrected chi connectivity index (χ0v) is 13.8. The summed E-state index contributed by atoms with van der Waals surface area (Å²) >= 11 is 0. The predicted octanol–water partition coefficient (Wildman–Crippen LogP) is 3.15. The van der Waals surface area contributed by atoms with Gasteiger partial charge in [0.2, 0.25) is 0 Å². The van der Waals surface area contributed by atoms with Crippen LogP contribution in [-0.2, 0) is 0 Å². The summed E-state index contributed by atoms with van der Waals surface area (Å²) in [4.78, 5) is 13.7. The molecule has 5 nitrogen and oxygen atoms in total. The molecular formula is C16H24F2N2O3. The average Bonchev–Trinajstić information content (AvgIpc) is 2.43. The minimum atomic E-state index is -2.86. The van der Waals surface area contributed by atoms with Crippen LogP contribution in [0.3, 0.4) is 0 Å². The fourth-order valence-corrected chi connectivity index (χ4v) is 2.09. The minimum Gasteiger partial charge on any atom is -0.435 e. The Morgan fingerprint density at radius 2 is 1.91 bits per heavy atom. The summed E-state index contributed by atoms with van der Waals surface area (Å²) < 4.78 is 28.5. The first-order chi connectivity index (χ1) is 10.6. The molecule has 0 aliphatic heterocycles. The highest BCUT2D eigenvalue weighted by atomic mass is 19.3. The summed E-state index contributed by atoms with van der Waals surface area (Å²) in [5.41, 5.74) is -0.218. The topological polar surface area (TPSA) is 61.8 Å². The van der Waals surface area contributed by atoms with Gasteiger partial charge in [0.15, 0.2) is 0 Å². The minimum absolute atomic E-state index is 0.0690. The number of hydrogen-bond acceptors (Lipinski definition) is 3. The second-order valence-corrected chi connectivity index (χ2v) is 5.95. The van der Waals surface area contributed by atoms with Crippen LogP contribution in [0.25, 0.3) is 0 Å². The van der Waals surface area contributed by atoms with Gasteiger partial charge < -0.3 is 20.1 Å². The van der Waals surface area contributed by atoms with Crippen LogP contribution in [0.2, 0.25) is 0 Å². The second kappa shape index (κ2) is 8.10. The Balaban J connectivity index is 2.66. The fourth-order valence-electron chi connectivity index (χ4n) is 2.09. The number of benzene rings is 1. The molecule has 0 radical (unpaired) electrons. The van der Waals surface area contributed by atoms with Gasteiger partial charge in [-0.3, -0.25) is 0 Å². The molecule has 2 amide bonds. The molecule has 1 aromatic rings. The lowest BCUT2D eigenvalue weighted by molar-refractivity contribution is -0.0498. The number of urea groups is 1. The SMILES string of the molecule is CCN(CC(C)(C)O)C(=O)NC(C)c1ccc(OC(F)F)cc1. The summed E-state index contributed by atoms with van der Waals surface area (Å²) in [6.45, 7) is 4.69. The largest absolute Gasteiger partial charge is 0.435 e. The van der Waals surface area contributed by atoms with Gasteiger partial charge in [-0.1, -0.05) is 12.1 Å². The van der Waals surface area contributed by atoms with Gasteiger partial charge in [0.25, 0.3) is 0 Å². The van der Waals surface area contributed by atoms with E-state index in [0.717, 1.165) is 5.56 Å². The molecule has 0 saturated carbocycles. The van der Waals surface area contributed by atoms with Crippen molar-refractivity contribution >= 4 is 6.03 Å². The number of nitrogens with one attached hydrogen (secondary N) is 1. The number of nitrogens with zero attached hydrogens (tertiary/aromatic N) is 1. The van der Waals surface area contributed by atoms with E-state index in [4.69, 9.17) is 0 Å². The van der Waals surface area contributed by atoms with E-state index >= 15 is 0 Å². The zero-order valence-electron chi connectivity index (χ0n) is 13.8. The van der Waals surface area contributed by atoms with E-state index in [-0.39, 0.29) is 24.4 Å². The third-order valence-electron chi connectivity index (χ3n) is 3.19. The molecule has 1 atom stereocenters. The number of alkyl halides is 2. The number of amides is 2. The summed E-state index contributed by atoms with van der Waals surface area (Å²) in [6, 6.07) is 5.50. The molecule has 0 heterocycles. The molecule has 0 saturated heterocycles. The zero-order chi connectivity index (χ0) is 17.6. The maximum Gasteiger partial charge on any atom is 0.387 e. The van der Waals surface area contributed by atoms with Crippen LogP contribution in [0.5, 0.6) is 5.75 Å². The molecule has 1 rings (SSSR count). The highest BCUT2D eigenvalue weighted by Gasteiger charge is 2.22. The molecular weight excluding hydrogens is 306 g/mol. The number of likely N-dealkylation sites (N-methyl/N-ethyl adjacent to an activating group) is 1. The maximum absolute atomic E-state index is 12.2. The first-order valence-corrected chi connectivity index (χ1v) is 7.45. The van der Waals surface area contributed by atoms with E-state index in [1.165, 1.54) is 17.0 Å². The monoisotopic (exact) mass is 330 g/mol. The van der Waals surface area contributed by atoms with E-state index < -0.39 is 12.2 Å². The van der Waals surface area contributed by atoms with E-state index in [9.17, 15) is 18.7 Å². The highest BCUT2D eigenvalue weighted by Crippen LogP contribution is 2.19. The van der Waals surface area contributed by atoms with E-state index in [1.54, 1.807) is 32.9 Å². The summed E-state index contributed by atoms with van der Waals surface area (Å²) in [6.07, 6.45) is 0. The van der Waals surface area contributed by atoms with Gasteiger partial charge in [0.1, 0.15) is 5.75 Å². The molecule has 1 unspecified atom stereocenters. The standard InChI is InChI=1S/C16H24F2N2O3/c1-5-20(10-16(3,4)22)15(21)19-11(2)12-6-8-13(9-7-12)23-14(17)18/h6-9,11,14,22H,5,10H2,1-4H3,(H,19,21). The van der Waals surface area contributed by atoms with Crippen LogP contribution < -0.4 is 10.1 Å². The molecule has 7 heteroatoms. The van der Waals surface area contributed by atoms with E-state index in [2.05, 4.69) is 10.1 Å². The van der Waals surface area contributed by atoms with Crippen LogP contribution in [0, 0.1) is 0 Å². The van der Waals surface area contributed by atoms with Crippen LogP contribution in [0.4, 0.5) is 13.6 Å². The molecule has 1 aromatic carbocycles. The van der Waals surface area contributed by atoms with Gasteiger partial charge in [-0.05, 0) is 45.4 Å². The van der Waals surface area contributed by atoms with Crippen molar-refractivity contribution in [3.63, 3.8) is 0 Å². The average molecular weight is 330 g/mol. The van der Waals surface area contributed by atoms with Crippen molar-refractivity contribution in [3.05, 3.63) is 29.8 Å². The van der Waals surface area contributed by atoms with Gasteiger partial charge in [-0.25, -0.2) is 4.79 Å². The van der Waals surface area contributed by atoms with Crippen molar-refractivity contribution in [3.8, 4) is 5.75 Å². The quantitative estimate of drug-likeness (QED) is 0.807. The Morgan fingerprint density at radius 1 is 1.35 bits per heavy atom. The highest BCUT2D eigenvalue weighted by molar-refractivity contribution is 5.74. The lowest BCUT2D eigenvalue weighted by Gasteiger charge is -2.29. The molecule has 130 valence electrons. The summed E-state index contributed by atoms with van der Waals surface area (Å²) in [5, 5.41) is 12.6. The third-order valence-corrected chi connectivity index (χ3v) is 3.19. The van der Waals surface area contributed by atoms with Crippen LogP contribution >= 0.6 is 0 Å². The lowest BCUT2D eigenvalue weighted by Crippen LogP contribution is -2.47. The Bertz CT molecular complexity index is 501. The summed E-state index contributed by atoms with van der Waals surface area (Å²) in [5.74, 6) is 0.0690. The van der Waals surface area contributed by atoms with Crippen molar-refractivity contribution in [1.82, 2.24) is 10.2 Å². The summed E-state index contributed by atoms with van der Waals surface area (Å²) in [7, 11) is 0. The van der Waals surface area contributed by atoms with Gasteiger partial charge in [0.05, 0.1) is 18.2 Å². The Kier molecular flexibility index (Phi) is 6.75. The van der Waals surface area contributed by atoms with Crippen LogP contribution in [0.15, 0.2) is 24.3 Å². The van der Waals surface area contributed by atoms with E-state index in [0.29, 0.717) is 6.54 Å². The van der Waals surface area contributed by atoms with Crippen molar-refractivity contribution in [2.45, 2.75) is 45.9 Å². The molecule has 0 aromatic heterocycles. The van der Waals surface area contributed by atoms with Crippen molar-refractivity contribution in [1.29, 1.82) is 0 Å². The normalized spacial score (nSPS) is 12.9. The molecule has 0 aliphatic rings. The fraction of sp³-hybridized carbons (Fsp3) is 0.562. The lowest BCUT2D eigenvalue weighted by atomic mass is 10.1. The van der Waals surface area contributed by atoms with Crippen molar-refractivity contribution < 1.29 is 23.4 Å².